The van der Waals surface area contributed by atoms with Gasteiger partial charge in [-0.1, -0.05) is 54.1 Å². The van der Waals surface area contributed by atoms with Gasteiger partial charge in [0.1, 0.15) is 0 Å². The van der Waals surface area contributed by atoms with Crippen LogP contribution in [-0.2, 0) is 6.42 Å². The second-order valence-electron chi connectivity index (χ2n) is 7.77. The Morgan fingerprint density at radius 2 is 1.77 bits per heavy atom. The summed E-state index contributed by atoms with van der Waals surface area (Å²) in [5.74, 6) is -0.695. The summed E-state index contributed by atoms with van der Waals surface area (Å²) in [6.07, 6.45) is -1.04. The van der Waals surface area contributed by atoms with Crippen LogP contribution in [0.5, 0.6) is 0 Å². The zero-order valence-electron chi connectivity index (χ0n) is 16.4. The molecule has 0 amide bonds. The Balaban J connectivity index is 1.58. The van der Waals surface area contributed by atoms with E-state index in [4.69, 9.17) is 11.6 Å². The third-order valence-corrected chi connectivity index (χ3v) is 5.86. The van der Waals surface area contributed by atoms with Crippen molar-refractivity contribution in [1.82, 2.24) is 4.90 Å². The molecule has 30 heavy (non-hydrogen) atoms. The fourth-order valence-electron chi connectivity index (χ4n) is 3.80. The summed E-state index contributed by atoms with van der Waals surface area (Å²) in [5, 5.41) is 22.9. The van der Waals surface area contributed by atoms with Gasteiger partial charge >= 0.3 is 0 Å². The molecule has 0 aromatic heterocycles. The number of piperidine rings is 1. The Hall–Kier alpha value is -2.35. The lowest BCUT2D eigenvalue weighted by Gasteiger charge is -2.39. The number of nitro groups is 1. The van der Waals surface area contributed by atoms with Crippen LogP contribution in [0.4, 0.5) is 4.39 Å². The zero-order chi connectivity index (χ0) is 21.7. The molecule has 0 aliphatic carbocycles. The summed E-state index contributed by atoms with van der Waals surface area (Å²) < 4.78 is 14.9. The smallest absolute Gasteiger partial charge is 0.278 e. The summed E-state index contributed by atoms with van der Waals surface area (Å²) >= 11 is 5.89. The highest BCUT2D eigenvalue weighted by Crippen LogP contribution is 2.29. The molecular weight excluding hydrogens is 411 g/mol. The number of Topliss-reactive ketones (excluding diaryl/α,β-unsaturated/α-hetero) is 1. The first-order valence-electron chi connectivity index (χ1n) is 9.85. The minimum Gasteiger partial charge on any atom is -0.389 e. The van der Waals surface area contributed by atoms with Crippen LogP contribution in [0.2, 0.25) is 5.02 Å². The molecule has 0 radical (unpaired) electrons. The summed E-state index contributed by atoms with van der Waals surface area (Å²) in [6, 6.07) is 13.5. The van der Waals surface area contributed by atoms with E-state index in [0.29, 0.717) is 24.3 Å². The van der Waals surface area contributed by atoms with Gasteiger partial charge in [-0.3, -0.25) is 19.8 Å². The molecule has 1 saturated heterocycles. The predicted octanol–water partition coefficient (Wildman–Crippen LogP) is 3.92. The van der Waals surface area contributed by atoms with Crippen molar-refractivity contribution in [2.75, 3.05) is 13.1 Å². The summed E-state index contributed by atoms with van der Waals surface area (Å²) in [5.41, 5.74) is 0.170. The number of carbonyl (C=O) groups excluding carboxylic acids is 1. The van der Waals surface area contributed by atoms with Crippen molar-refractivity contribution in [3.8, 4) is 0 Å². The molecule has 0 spiro atoms. The van der Waals surface area contributed by atoms with Crippen molar-refractivity contribution in [3.05, 3.63) is 80.9 Å². The van der Waals surface area contributed by atoms with E-state index in [9.17, 15) is 24.4 Å². The molecule has 0 saturated carbocycles. The van der Waals surface area contributed by atoms with Crippen molar-refractivity contribution in [2.24, 2.45) is 0 Å². The largest absolute Gasteiger partial charge is 0.389 e. The molecule has 1 aliphatic heterocycles. The van der Waals surface area contributed by atoms with Crippen molar-refractivity contribution < 1.29 is 19.2 Å². The van der Waals surface area contributed by atoms with Crippen LogP contribution in [0, 0.1) is 10.1 Å². The molecule has 1 N–H and O–H groups in total. The lowest BCUT2D eigenvalue weighted by Crippen LogP contribution is -2.49. The Bertz CT molecular complexity index is 870. The maximum atomic E-state index is 14.9. The first-order chi connectivity index (χ1) is 14.3. The minimum atomic E-state index is -1.64. The zero-order valence-corrected chi connectivity index (χ0v) is 17.2. The van der Waals surface area contributed by atoms with Crippen LogP contribution in [0.25, 0.3) is 0 Å². The highest BCUT2D eigenvalue weighted by Gasteiger charge is 2.39. The van der Waals surface area contributed by atoms with Gasteiger partial charge in [0.25, 0.3) is 6.04 Å². The number of likely N-dealkylation sites (tertiary alicyclic amines) is 1. The van der Waals surface area contributed by atoms with Gasteiger partial charge in [0.2, 0.25) is 5.78 Å². The van der Waals surface area contributed by atoms with Crippen LogP contribution in [0.15, 0.2) is 54.6 Å². The third-order valence-electron chi connectivity index (χ3n) is 5.60. The topological polar surface area (TPSA) is 83.7 Å². The average molecular weight is 435 g/mol. The number of ketones is 1. The number of halogens is 2. The van der Waals surface area contributed by atoms with E-state index < -0.39 is 35.1 Å². The third kappa shape index (κ3) is 5.62. The van der Waals surface area contributed by atoms with Crippen LogP contribution < -0.4 is 0 Å². The first kappa shape index (κ1) is 22.3. The standard InChI is InChI=1S/C22H24ClFN2O4/c23-18-8-6-16(7-9-18)15-22(28)10-12-25(13-11-22)20(24)14-19(26(29)30)21(27)17-4-2-1-3-5-17/h1-9,19-20,28H,10-15H2. The maximum Gasteiger partial charge on any atom is 0.278 e. The van der Waals surface area contributed by atoms with Gasteiger partial charge in [-0.25, -0.2) is 4.39 Å². The quantitative estimate of drug-likeness (QED) is 0.294. The van der Waals surface area contributed by atoms with Gasteiger partial charge in [-0.15, -0.1) is 0 Å². The normalized spacial score (nSPS) is 18.5. The van der Waals surface area contributed by atoms with Gasteiger partial charge in [-0.2, -0.15) is 0 Å². The van der Waals surface area contributed by atoms with Crippen LogP contribution in [0.3, 0.4) is 0 Å². The molecular formula is C22H24ClFN2O4. The van der Waals surface area contributed by atoms with Crippen LogP contribution in [0.1, 0.15) is 35.2 Å². The van der Waals surface area contributed by atoms with Crippen molar-refractivity contribution >= 4 is 17.4 Å². The second-order valence-corrected chi connectivity index (χ2v) is 8.20. The van der Waals surface area contributed by atoms with Gasteiger partial charge < -0.3 is 5.11 Å². The summed E-state index contributed by atoms with van der Waals surface area (Å²) in [6.45, 7) is 0.518. The molecule has 3 rings (SSSR count). The molecule has 6 nitrogen and oxygen atoms in total. The van der Waals surface area contributed by atoms with Crippen LogP contribution >= 0.6 is 11.6 Å². The molecule has 2 aromatic rings. The van der Waals surface area contributed by atoms with Crippen molar-refractivity contribution in [1.29, 1.82) is 0 Å². The molecule has 0 bridgehead atoms. The Labute approximate surface area is 179 Å². The second kappa shape index (κ2) is 9.64. The molecule has 2 aromatic carbocycles. The van der Waals surface area contributed by atoms with Crippen LogP contribution in [-0.4, -0.2) is 51.7 Å². The number of hydrogen-bond acceptors (Lipinski definition) is 5. The monoisotopic (exact) mass is 434 g/mol. The van der Waals surface area contributed by atoms with Gasteiger partial charge in [0.05, 0.1) is 12.0 Å². The summed E-state index contributed by atoms with van der Waals surface area (Å²) in [7, 11) is 0. The molecule has 160 valence electrons. The van der Waals surface area contributed by atoms with Crippen molar-refractivity contribution in [3.63, 3.8) is 0 Å². The fraction of sp³-hybridized carbons (Fsp3) is 0.409. The fourth-order valence-corrected chi connectivity index (χ4v) is 3.92. The van der Waals surface area contributed by atoms with Crippen molar-refractivity contribution in [2.45, 2.75) is 43.6 Å². The summed E-state index contributed by atoms with van der Waals surface area (Å²) in [4.78, 5) is 24.6. The molecule has 2 unspecified atom stereocenters. The molecule has 1 heterocycles. The Morgan fingerprint density at radius 3 is 2.33 bits per heavy atom. The van der Waals surface area contributed by atoms with E-state index in [1.54, 1.807) is 30.3 Å². The highest BCUT2D eigenvalue weighted by atomic mass is 35.5. The number of benzene rings is 2. The number of aliphatic hydroxyl groups is 1. The van der Waals surface area contributed by atoms with Gasteiger partial charge in [-0.05, 0) is 30.5 Å². The van der Waals surface area contributed by atoms with E-state index in [-0.39, 0.29) is 18.7 Å². The average Bonchev–Trinajstić information content (AvgIpc) is 2.74. The molecule has 2 atom stereocenters. The Kier molecular flexibility index (Phi) is 7.18. The van der Waals surface area contributed by atoms with E-state index >= 15 is 0 Å². The van der Waals surface area contributed by atoms with E-state index in [1.165, 1.54) is 17.0 Å². The van der Waals surface area contributed by atoms with E-state index in [2.05, 4.69) is 0 Å². The number of alkyl halides is 1. The molecule has 1 aliphatic rings. The first-order valence-corrected chi connectivity index (χ1v) is 10.2. The number of carbonyl (C=O) groups is 1. The maximum absolute atomic E-state index is 14.9. The van der Waals surface area contributed by atoms with Gasteiger partial charge in [0.15, 0.2) is 6.30 Å². The lowest BCUT2D eigenvalue weighted by molar-refractivity contribution is -0.508. The SMILES string of the molecule is O=C(c1ccccc1)C(CC(F)N1CCC(O)(Cc2ccc(Cl)cc2)CC1)[N+](=O)[O-]. The van der Waals surface area contributed by atoms with Gasteiger partial charge in [0, 0.05) is 35.0 Å². The molecule has 8 heteroatoms. The predicted molar refractivity (Wildman–Crippen MR) is 112 cm³/mol. The number of rotatable bonds is 8. The Morgan fingerprint density at radius 1 is 1.17 bits per heavy atom. The highest BCUT2D eigenvalue weighted by molar-refractivity contribution is 6.30. The minimum absolute atomic E-state index is 0.197. The number of hydrogen-bond donors (Lipinski definition) is 1. The number of nitrogens with zero attached hydrogens (tertiary/aromatic N) is 2. The van der Waals surface area contributed by atoms with E-state index in [0.717, 1.165) is 5.56 Å². The molecule has 1 fully saturated rings. The van der Waals surface area contributed by atoms with E-state index in [1.807, 2.05) is 12.1 Å². The lowest BCUT2D eigenvalue weighted by atomic mass is 9.85.